The number of hydrogen-bond acceptors (Lipinski definition) is 2. The monoisotopic (exact) mass is 288 g/mol. The summed E-state index contributed by atoms with van der Waals surface area (Å²) < 4.78 is 1.58. The lowest BCUT2D eigenvalue weighted by Gasteiger charge is -2.09. The van der Waals surface area contributed by atoms with E-state index in [4.69, 9.17) is 0 Å². The average Bonchev–Trinajstić information content (AvgIpc) is 3.06. The van der Waals surface area contributed by atoms with Crippen LogP contribution in [0, 0.1) is 5.92 Å². The van der Waals surface area contributed by atoms with E-state index in [1.807, 2.05) is 0 Å². The van der Waals surface area contributed by atoms with E-state index in [2.05, 4.69) is 4.98 Å². The van der Waals surface area contributed by atoms with Gasteiger partial charge in [0.1, 0.15) is 0 Å². The highest BCUT2D eigenvalue weighted by Crippen LogP contribution is 2.28. The number of rotatable bonds is 5. The molecule has 0 aliphatic heterocycles. The standard InChI is InChI=1S/C16H20N2O3/c19-15(20)12-8-3-9-13-14(12)18(16(21)17-13)10-4-7-11-5-1-2-6-11/h3,8-9,11H,1-2,4-7,10H2,(H,17,21)(H,19,20). The molecule has 1 aliphatic rings. The molecule has 0 radical (unpaired) electrons. The van der Waals surface area contributed by atoms with Crippen molar-refractivity contribution in [3.05, 3.63) is 34.2 Å². The molecule has 0 unspecified atom stereocenters. The predicted molar refractivity (Wildman–Crippen MR) is 80.7 cm³/mol. The van der Waals surface area contributed by atoms with E-state index >= 15 is 0 Å². The number of aromatic nitrogens is 2. The summed E-state index contributed by atoms with van der Waals surface area (Å²) >= 11 is 0. The molecule has 21 heavy (non-hydrogen) atoms. The minimum absolute atomic E-state index is 0.187. The number of H-pyrrole nitrogens is 1. The zero-order chi connectivity index (χ0) is 14.8. The Bertz CT molecular complexity index is 708. The van der Waals surface area contributed by atoms with E-state index in [0.29, 0.717) is 17.6 Å². The summed E-state index contributed by atoms with van der Waals surface area (Å²) in [4.78, 5) is 26.1. The molecule has 0 saturated heterocycles. The van der Waals surface area contributed by atoms with Gasteiger partial charge in [-0.25, -0.2) is 9.59 Å². The topological polar surface area (TPSA) is 75.1 Å². The molecular formula is C16H20N2O3. The summed E-state index contributed by atoms with van der Waals surface area (Å²) in [5.74, 6) is -0.214. The van der Waals surface area contributed by atoms with Crippen molar-refractivity contribution < 1.29 is 9.90 Å². The van der Waals surface area contributed by atoms with Crippen LogP contribution in [-0.4, -0.2) is 20.6 Å². The Kier molecular flexibility index (Phi) is 3.82. The number of hydrogen-bond donors (Lipinski definition) is 2. The number of carboxylic acids is 1. The molecule has 112 valence electrons. The summed E-state index contributed by atoms with van der Waals surface area (Å²) in [7, 11) is 0. The molecule has 1 aliphatic carbocycles. The number of aryl methyl sites for hydroxylation is 1. The highest BCUT2D eigenvalue weighted by molar-refractivity contribution is 6.01. The van der Waals surface area contributed by atoms with E-state index in [0.717, 1.165) is 18.8 Å². The van der Waals surface area contributed by atoms with Gasteiger partial charge in [0.2, 0.25) is 0 Å². The lowest BCUT2D eigenvalue weighted by molar-refractivity contribution is 0.0698. The zero-order valence-electron chi connectivity index (χ0n) is 12.0. The molecule has 2 N–H and O–H groups in total. The number of nitrogens with zero attached hydrogens (tertiary/aromatic N) is 1. The summed E-state index contributed by atoms with van der Waals surface area (Å²) in [6.07, 6.45) is 7.27. The quantitative estimate of drug-likeness (QED) is 0.888. The maximum atomic E-state index is 12.1. The van der Waals surface area contributed by atoms with Gasteiger partial charge in [0.25, 0.3) is 0 Å². The molecular weight excluding hydrogens is 268 g/mol. The summed E-state index contributed by atoms with van der Waals surface area (Å²) in [5, 5.41) is 9.29. The van der Waals surface area contributed by atoms with Crippen molar-refractivity contribution in [1.29, 1.82) is 0 Å². The van der Waals surface area contributed by atoms with Gasteiger partial charge in [-0.1, -0.05) is 31.7 Å². The first-order valence-electron chi connectivity index (χ1n) is 7.61. The molecule has 0 bridgehead atoms. The highest BCUT2D eigenvalue weighted by atomic mass is 16.4. The van der Waals surface area contributed by atoms with Crippen LogP contribution in [0.15, 0.2) is 23.0 Å². The van der Waals surface area contributed by atoms with Gasteiger partial charge in [0, 0.05) is 6.54 Å². The molecule has 5 heteroatoms. The summed E-state index contributed by atoms with van der Waals surface area (Å²) in [6.45, 7) is 0.583. The first-order valence-corrected chi connectivity index (χ1v) is 7.61. The highest BCUT2D eigenvalue weighted by Gasteiger charge is 2.17. The Balaban J connectivity index is 1.85. The molecule has 1 heterocycles. The SMILES string of the molecule is O=C(O)c1cccc2[nH]c(=O)n(CCCC3CCCC3)c12. The number of nitrogens with one attached hydrogen (secondary N) is 1. The van der Waals surface area contributed by atoms with E-state index < -0.39 is 5.97 Å². The second-order valence-corrected chi connectivity index (χ2v) is 5.88. The Morgan fingerprint density at radius 2 is 2.10 bits per heavy atom. The van der Waals surface area contributed by atoms with Gasteiger partial charge < -0.3 is 10.1 Å². The smallest absolute Gasteiger partial charge is 0.337 e. The largest absolute Gasteiger partial charge is 0.478 e. The van der Waals surface area contributed by atoms with Crippen LogP contribution in [0.2, 0.25) is 0 Å². The lowest BCUT2D eigenvalue weighted by Crippen LogP contribution is -2.18. The fourth-order valence-electron chi connectivity index (χ4n) is 3.44. The van der Waals surface area contributed by atoms with Gasteiger partial charge in [0.05, 0.1) is 16.6 Å². The Labute approximate surface area is 122 Å². The van der Waals surface area contributed by atoms with Crippen LogP contribution < -0.4 is 5.69 Å². The van der Waals surface area contributed by atoms with E-state index in [1.54, 1.807) is 22.8 Å². The van der Waals surface area contributed by atoms with Crippen molar-refractivity contribution in [2.75, 3.05) is 0 Å². The molecule has 1 aromatic heterocycles. The van der Waals surface area contributed by atoms with Crippen LogP contribution in [0.1, 0.15) is 48.9 Å². The predicted octanol–water partition coefficient (Wildman–Crippen LogP) is 3.00. The van der Waals surface area contributed by atoms with Crippen LogP contribution in [0.5, 0.6) is 0 Å². The molecule has 1 saturated carbocycles. The van der Waals surface area contributed by atoms with Gasteiger partial charge in [-0.2, -0.15) is 0 Å². The fraction of sp³-hybridized carbons (Fsp3) is 0.500. The van der Waals surface area contributed by atoms with Crippen LogP contribution >= 0.6 is 0 Å². The maximum absolute atomic E-state index is 12.1. The van der Waals surface area contributed by atoms with Crippen LogP contribution in [0.3, 0.4) is 0 Å². The third kappa shape index (κ3) is 2.73. The van der Waals surface area contributed by atoms with Gasteiger partial charge in [-0.05, 0) is 30.9 Å². The summed E-state index contributed by atoms with van der Waals surface area (Å²) in [5.41, 5.74) is 1.08. The molecule has 0 spiro atoms. The minimum atomic E-state index is -0.996. The molecule has 3 rings (SSSR count). The van der Waals surface area contributed by atoms with Crippen molar-refractivity contribution in [2.45, 2.75) is 45.1 Å². The van der Waals surface area contributed by atoms with Crippen LogP contribution in [0.4, 0.5) is 0 Å². The molecule has 5 nitrogen and oxygen atoms in total. The number of fused-ring (bicyclic) bond motifs is 1. The van der Waals surface area contributed by atoms with E-state index in [1.165, 1.54) is 25.7 Å². The van der Waals surface area contributed by atoms with Crippen LogP contribution in [0.25, 0.3) is 11.0 Å². The average molecular weight is 288 g/mol. The molecule has 0 atom stereocenters. The summed E-state index contributed by atoms with van der Waals surface area (Å²) in [6, 6.07) is 4.95. The minimum Gasteiger partial charge on any atom is -0.478 e. The molecule has 2 aromatic rings. The van der Waals surface area contributed by atoms with Gasteiger partial charge >= 0.3 is 11.7 Å². The number of aromatic carboxylic acids is 1. The number of para-hydroxylation sites is 1. The normalized spacial score (nSPS) is 15.8. The first kappa shape index (κ1) is 13.9. The first-order chi connectivity index (χ1) is 10.2. The molecule has 1 fully saturated rings. The Hall–Kier alpha value is -2.04. The van der Waals surface area contributed by atoms with Gasteiger partial charge in [0.15, 0.2) is 0 Å². The Morgan fingerprint density at radius 3 is 2.81 bits per heavy atom. The van der Waals surface area contributed by atoms with E-state index in [9.17, 15) is 14.7 Å². The third-order valence-corrected chi connectivity index (χ3v) is 4.49. The number of benzene rings is 1. The number of carboxylic acid groups (broad SMARTS) is 1. The van der Waals surface area contributed by atoms with Crippen molar-refractivity contribution in [3.8, 4) is 0 Å². The second-order valence-electron chi connectivity index (χ2n) is 5.88. The van der Waals surface area contributed by atoms with E-state index in [-0.39, 0.29) is 11.3 Å². The lowest BCUT2D eigenvalue weighted by atomic mass is 10.0. The van der Waals surface area contributed by atoms with Crippen LogP contribution in [-0.2, 0) is 6.54 Å². The number of carbonyl (C=O) groups is 1. The van der Waals surface area contributed by atoms with Gasteiger partial charge in [-0.15, -0.1) is 0 Å². The zero-order valence-corrected chi connectivity index (χ0v) is 12.0. The third-order valence-electron chi connectivity index (χ3n) is 4.49. The van der Waals surface area contributed by atoms with Crippen molar-refractivity contribution in [2.24, 2.45) is 5.92 Å². The number of aromatic amines is 1. The second kappa shape index (κ2) is 5.76. The van der Waals surface area contributed by atoms with Crippen molar-refractivity contribution >= 4 is 17.0 Å². The maximum Gasteiger partial charge on any atom is 0.337 e. The van der Waals surface area contributed by atoms with Crippen molar-refractivity contribution in [3.63, 3.8) is 0 Å². The van der Waals surface area contributed by atoms with Gasteiger partial charge in [-0.3, -0.25) is 4.57 Å². The van der Waals surface area contributed by atoms with Crippen molar-refractivity contribution in [1.82, 2.24) is 9.55 Å². The molecule has 0 amide bonds. The number of imidazole rings is 1. The fourth-order valence-corrected chi connectivity index (χ4v) is 3.44. The molecule has 1 aromatic carbocycles. The Morgan fingerprint density at radius 1 is 1.33 bits per heavy atom.